The van der Waals surface area contributed by atoms with Crippen LogP contribution in [-0.4, -0.2) is 8.42 Å². The average molecular weight is 316 g/mol. The molecule has 6 heteroatoms. The molecule has 1 N–H and O–H groups in total. The molecule has 4 nitrogen and oxygen atoms in total. The summed E-state index contributed by atoms with van der Waals surface area (Å²) in [5.41, 5.74) is 0.651. The molecule has 0 bridgehead atoms. The van der Waals surface area contributed by atoms with Gasteiger partial charge >= 0.3 is 0 Å². The molecular formula is C15H12N2O2S2. The Kier molecular flexibility index (Phi) is 4.68. The Morgan fingerprint density at radius 1 is 1.00 bits per heavy atom. The van der Waals surface area contributed by atoms with E-state index < -0.39 is 14.7 Å². The third kappa shape index (κ3) is 3.45. The van der Waals surface area contributed by atoms with Crippen LogP contribution in [0, 0.1) is 11.3 Å². The molecular weight excluding hydrogens is 304 g/mol. The van der Waals surface area contributed by atoms with Gasteiger partial charge in [-0.05, 0) is 24.3 Å². The zero-order valence-electron chi connectivity index (χ0n) is 10.9. The number of nitriles is 1. The minimum atomic E-state index is -3.89. The summed E-state index contributed by atoms with van der Waals surface area (Å²) in [6, 6.07) is 18.4. The summed E-state index contributed by atoms with van der Waals surface area (Å²) in [4.78, 5) is -0.358. The van der Waals surface area contributed by atoms with E-state index in [9.17, 15) is 13.7 Å². The monoisotopic (exact) mass is 316 g/mol. The second-order valence-corrected chi connectivity index (χ2v) is 6.43. The summed E-state index contributed by atoms with van der Waals surface area (Å²) in [5.74, 6) is 0. The lowest BCUT2D eigenvalue weighted by Crippen LogP contribution is -2.08. The molecule has 0 aliphatic carbocycles. The topological polar surface area (TPSA) is 70.0 Å². The van der Waals surface area contributed by atoms with Crippen molar-refractivity contribution in [3.05, 3.63) is 70.6 Å². The fraction of sp³-hybridized carbons (Fsp3) is 0. The smallest absolute Gasteiger partial charge is 0.219 e. The Balaban J connectivity index is 2.44. The maximum Gasteiger partial charge on any atom is 0.219 e. The molecule has 0 aliphatic heterocycles. The predicted octanol–water partition coefficient (Wildman–Crippen LogP) is 3.19. The van der Waals surface area contributed by atoms with Gasteiger partial charge in [0.1, 0.15) is 6.07 Å². The van der Waals surface area contributed by atoms with E-state index in [4.69, 9.17) is 0 Å². The van der Waals surface area contributed by atoms with Crippen molar-refractivity contribution in [2.75, 3.05) is 5.32 Å². The van der Waals surface area contributed by atoms with Crippen molar-refractivity contribution in [3.8, 4) is 6.07 Å². The Bertz CT molecular complexity index is 793. The van der Waals surface area contributed by atoms with E-state index in [1.54, 1.807) is 48.5 Å². The lowest BCUT2D eigenvalue weighted by atomic mass is 10.3. The standard InChI is InChI=1S/C15H12N2O2S2/c16-11-14(15(20)17-12-7-3-1-4-8-12)21(18,19)13-9-5-2-6-10-13/h1-10,17,20H/b15-14+. The third-order valence-electron chi connectivity index (χ3n) is 2.68. The number of rotatable bonds is 4. The number of benzene rings is 2. The molecule has 0 unspecified atom stereocenters. The van der Waals surface area contributed by atoms with Crippen molar-refractivity contribution < 1.29 is 8.42 Å². The van der Waals surface area contributed by atoms with Gasteiger partial charge in [0, 0.05) is 5.69 Å². The van der Waals surface area contributed by atoms with Gasteiger partial charge in [-0.25, -0.2) is 8.42 Å². The highest BCUT2D eigenvalue weighted by Crippen LogP contribution is 2.24. The molecule has 0 aromatic heterocycles. The molecule has 0 amide bonds. The molecule has 0 aliphatic rings. The molecule has 2 aromatic carbocycles. The third-order valence-corrected chi connectivity index (χ3v) is 4.89. The molecule has 0 fully saturated rings. The number of thiol groups is 1. The van der Waals surface area contributed by atoms with E-state index in [0.29, 0.717) is 5.69 Å². The minimum Gasteiger partial charge on any atom is -0.349 e. The lowest BCUT2D eigenvalue weighted by molar-refractivity contribution is 0.603. The minimum absolute atomic E-state index is 0.00690. The van der Waals surface area contributed by atoms with Gasteiger partial charge in [0.15, 0.2) is 4.91 Å². The number of sulfone groups is 1. The van der Waals surface area contributed by atoms with E-state index in [-0.39, 0.29) is 9.92 Å². The van der Waals surface area contributed by atoms with Crippen LogP contribution in [0.15, 0.2) is 75.5 Å². The average Bonchev–Trinajstić information content (AvgIpc) is 2.49. The van der Waals surface area contributed by atoms with Crippen LogP contribution < -0.4 is 5.32 Å². The number of para-hydroxylation sites is 1. The summed E-state index contributed by atoms with van der Waals surface area (Å²) in [6.45, 7) is 0. The highest BCUT2D eigenvalue weighted by atomic mass is 32.2. The largest absolute Gasteiger partial charge is 0.349 e. The van der Waals surface area contributed by atoms with Gasteiger partial charge in [-0.3, -0.25) is 0 Å². The van der Waals surface area contributed by atoms with Crippen molar-refractivity contribution in [1.82, 2.24) is 0 Å². The van der Waals surface area contributed by atoms with Crippen LogP contribution >= 0.6 is 12.6 Å². The lowest BCUT2D eigenvalue weighted by Gasteiger charge is -2.09. The van der Waals surface area contributed by atoms with Gasteiger partial charge in [-0.15, -0.1) is 12.6 Å². The van der Waals surface area contributed by atoms with Crippen molar-refractivity contribution in [3.63, 3.8) is 0 Å². The molecule has 2 rings (SSSR count). The quantitative estimate of drug-likeness (QED) is 0.671. The molecule has 2 aromatic rings. The van der Waals surface area contributed by atoms with Crippen LogP contribution in [0.1, 0.15) is 0 Å². The van der Waals surface area contributed by atoms with Crippen molar-refractivity contribution in [1.29, 1.82) is 5.26 Å². The van der Waals surface area contributed by atoms with Crippen LogP contribution in [-0.2, 0) is 9.84 Å². The molecule has 0 radical (unpaired) electrons. The Morgan fingerprint density at radius 3 is 2.05 bits per heavy atom. The van der Waals surface area contributed by atoms with Gasteiger partial charge in [0.05, 0.1) is 9.92 Å². The van der Waals surface area contributed by atoms with Gasteiger partial charge < -0.3 is 5.32 Å². The number of hydrogen-bond donors (Lipinski definition) is 2. The number of anilines is 1. The molecule has 0 saturated carbocycles. The highest BCUT2D eigenvalue weighted by Gasteiger charge is 2.23. The zero-order valence-corrected chi connectivity index (χ0v) is 12.6. The Labute approximate surface area is 129 Å². The number of nitrogens with zero attached hydrogens (tertiary/aromatic N) is 1. The SMILES string of the molecule is N#C/C(=C(\S)Nc1ccccc1)S(=O)(=O)c1ccccc1. The zero-order chi connectivity index (χ0) is 15.3. The van der Waals surface area contributed by atoms with Gasteiger partial charge in [0.25, 0.3) is 0 Å². The van der Waals surface area contributed by atoms with Crippen molar-refractivity contribution in [2.24, 2.45) is 0 Å². The summed E-state index contributed by atoms with van der Waals surface area (Å²) in [6.07, 6.45) is 0. The van der Waals surface area contributed by atoms with Crippen LogP contribution in [0.4, 0.5) is 5.69 Å². The summed E-state index contributed by atoms with van der Waals surface area (Å²) in [5, 5.41) is 12.0. The second-order valence-electron chi connectivity index (χ2n) is 4.10. The first-order valence-electron chi connectivity index (χ1n) is 6.01. The Morgan fingerprint density at radius 2 is 1.52 bits per heavy atom. The normalized spacial score (nSPS) is 12.2. The van der Waals surface area contributed by atoms with Gasteiger partial charge in [0.2, 0.25) is 9.84 Å². The van der Waals surface area contributed by atoms with E-state index in [1.807, 2.05) is 6.07 Å². The van der Waals surface area contributed by atoms with E-state index in [1.165, 1.54) is 12.1 Å². The summed E-state index contributed by atoms with van der Waals surface area (Å²) < 4.78 is 24.9. The molecule has 0 atom stereocenters. The maximum atomic E-state index is 12.4. The fourth-order valence-corrected chi connectivity index (χ4v) is 3.39. The van der Waals surface area contributed by atoms with Crippen molar-refractivity contribution >= 4 is 28.2 Å². The van der Waals surface area contributed by atoms with Crippen LogP contribution in [0.3, 0.4) is 0 Å². The maximum absolute atomic E-state index is 12.4. The molecule has 0 heterocycles. The first kappa shape index (κ1) is 15.2. The van der Waals surface area contributed by atoms with E-state index in [0.717, 1.165) is 0 Å². The summed E-state index contributed by atoms with van der Waals surface area (Å²) in [7, 11) is -3.89. The summed E-state index contributed by atoms with van der Waals surface area (Å²) >= 11 is 4.13. The van der Waals surface area contributed by atoms with Crippen LogP contribution in [0.2, 0.25) is 0 Å². The van der Waals surface area contributed by atoms with Gasteiger partial charge in [-0.2, -0.15) is 5.26 Å². The highest BCUT2D eigenvalue weighted by molar-refractivity contribution is 7.96. The molecule has 0 saturated heterocycles. The van der Waals surface area contributed by atoms with E-state index in [2.05, 4.69) is 17.9 Å². The molecule has 106 valence electrons. The predicted molar refractivity (Wildman–Crippen MR) is 85.3 cm³/mol. The number of nitrogens with one attached hydrogen (secondary N) is 1. The molecule has 21 heavy (non-hydrogen) atoms. The fourth-order valence-electron chi connectivity index (χ4n) is 1.67. The number of hydrogen-bond acceptors (Lipinski definition) is 5. The number of allylic oxidation sites excluding steroid dienone is 1. The first-order valence-corrected chi connectivity index (χ1v) is 7.94. The second kappa shape index (κ2) is 6.48. The van der Waals surface area contributed by atoms with E-state index >= 15 is 0 Å². The van der Waals surface area contributed by atoms with Gasteiger partial charge in [-0.1, -0.05) is 36.4 Å². The van der Waals surface area contributed by atoms with Crippen molar-refractivity contribution in [2.45, 2.75) is 4.90 Å². The van der Waals surface area contributed by atoms with Crippen LogP contribution in [0.5, 0.6) is 0 Å². The Hall–Kier alpha value is -2.23. The molecule has 0 spiro atoms. The first-order chi connectivity index (χ1) is 10.1. The van der Waals surface area contributed by atoms with Crippen LogP contribution in [0.25, 0.3) is 0 Å².